The summed E-state index contributed by atoms with van der Waals surface area (Å²) in [5.74, 6) is 3.18. The molecule has 0 saturated carbocycles. The third kappa shape index (κ3) is 2.95. The topological polar surface area (TPSA) is 73.9 Å². The highest BCUT2D eigenvalue weighted by molar-refractivity contribution is 7.99. The van der Waals surface area contributed by atoms with Gasteiger partial charge in [0.25, 0.3) is 0 Å². The smallest absolute Gasteiger partial charge is 0.223 e. The zero-order valence-corrected chi connectivity index (χ0v) is 13.1. The molecule has 2 aromatic rings. The van der Waals surface area contributed by atoms with Gasteiger partial charge in [-0.3, -0.25) is 0 Å². The Bertz CT molecular complexity index is 669. The molecule has 1 unspecified atom stereocenters. The maximum atomic E-state index is 6.01. The van der Waals surface area contributed by atoms with Gasteiger partial charge < -0.3 is 10.5 Å². The number of nitrogens with zero attached hydrogens (tertiary/aromatic N) is 3. The van der Waals surface area contributed by atoms with Gasteiger partial charge in [-0.2, -0.15) is 9.97 Å². The lowest BCUT2D eigenvalue weighted by Crippen LogP contribution is -2.24. The Morgan fingerprint density at radius 1 is 1.19 bits per heavy atom. The maximum Gasteiger partial charge on any atom is 0.223 e. The number of thioether (sulfide) groups is 1. The number of para-hydroxylation sites is 1. The van der Waals surface area contributed by atoms with E-state index in [1.807, 2.05) is 18.2 Å². The summed E-state index contributed by atoms with van der Waals surface area (Å²) < 4.78 is 6.01. The molecule has 5 nitrogen and oxygen atoms in total. The quantitative estimate of drug-likeness (QED) is 0.873. The summed E-state index contributed by atoms with van der Waals surface area (Å²) in [5.41, 5.74) is 5.66. The minimum atomic E-state index is -0.198. The molecule has 1 aromatic carbocycles. The van der Waals surface area contributed by atoms with Crippen molar-refractivity contribution in [3.05, 3.63) is 35.9 Å². The highest BCUT2D eigenvalue weighted by Crippen LogP contribution is 2.39. The average molecular weight is 302 g/mol. The molecule has 1 aliphatic heterocycles. The Hall–Kier alpha value is -1.82. The van der Waals surface area contributed by atoms with Gasteiger partial charge in [0.15, 0.2) is 11.9 Å². The number of hydrogen-bond acceptors (Lipinski definition) is 6. The first-order chi connectivity index (χ1) is 9.93. The van der Waals surface area contributed by atoms with Gasteiger partial charge in [-0.15, -0.1) is 11.8 Å². The van der Waals surface area contributed by atoms with Crippen LogP contribution in [0.25, 0.3) is 0 Å². The lowest BCUT2D eigenvalue weighted by atomic mass is 9.96. The summed E-state index contributed by atoms with van der Waals surface area (Å²) in [7, 11) is 0. The van der Waals surface area contributed by atoms with Crippen molar-refractivity contribution in [1.82, 2.24) is 15.0 Å². The average Bonchev–Trinajstić information content (AvgIpc) is 2.45. The second-order valence-corrected chi connectivity index (χ2v) is 7.05. The number of nitrogens with two attached hydrogens (primary N) is 1. The van der Waals surface area contributed by atoms with Crippen molar-refractivity contribution in [2.75, 3.05) is 11.5 Å². The lowest BCUT2D eigenvalue weighted by molar-refractivity contribution is 0.209. The van der Waals surface area contributed by atoms with Crippen LogP contribution < -0.4 is 10.5 Å². The molecule has 2 N–H and O–H groups in total. The Morgan fingerprint density at radius 2 is 1.95 bits per heavy atom. The molecule has 1 atom stereocenters. The third-order valence-corrected chi connectivity index (χ3v) is 4.26. The van der Waals surface area contributed by atoms with Crippen LogP contribution in [0.1, 0.15) is 38.5 Å². The van der Waals surface area contributed by atoms with E-state index in [1.54, 1.807) is 11.8 Å². The fourth-order valence-electron chi connectivity index (χ4n) is 2.04. The van der Waals surface area contributed by atoms with E-state index in [0.717, 1.165) is 16.4 Å². The monoisotopic (exact) mass is 302 g/mol. The number of rotatable bonds is 1. The first kappa shape index (κ1) is 14.1. The van der Waals surface area contributed by atoms with E-state index in [-0.39, 0.29) is 17.5 Å². The summed E-state index contributed by atoms with van der Waals surface area (Å²) in [6.45, 7) is 6.16. The number of fused-ring (bicyclic) bond motifs is 1. The Balaban J connectivity index is 1.94. The van der Waals surface area contributed by atoms with Crippen LogP contribution in [-0.4, -0.2) is 20.7 Å². The van der Waals surface area contributed by atoms with Gasteiger partial charge in [-0.05, 0) is 12.1 Å². The molecule has 3 rings (SSSR count). The fourth-order valence-corrected chi connectivity index (χ4v) is 3.02. The molecule has 0 amide bonds. The number of anilines is 1. The molecule has 1 aromatic heterocycles. The Kier molecular flexibility index (Phi) is 3.49. The van der Waals surface area contributed by atoms with Crippen LogP contribution in [-0.2, 0) is 5.41 Å². The van der Waals surface area contributed by atoms with E-state index in [9.17, 15) is 0 Å². The van der Waals surface area contributed by atoms with Crippen LogP contribution in [0.2, 0.25) is 0 Å². The SMILES string of the molecule is CC(C)(C)c1nc(N)nc(C2CSc3ccccc3O2)n1. The molecule has 110 valence electrons. The Morgan fingerprint density at radius 3 is 2.71 bits per heavy atom. The van der Waals surface area contributed by atoms with E-state index in [2.05, 4.69) is 41.8 Å². The predicted octanol–water partition coefficient (Wildman–Crippen LogP) is 2.98. The van der Waals surface area contributed by atoms with Gasteiger partial charge in [-0.25, -0.2) is 4.98 Å². The lowest BCUT2D eigenvalue weighted by Gasteiger charge is -2.25. The molecule has 0 radical (unpaired) electrons. The summed E-state index contributed by atoms with van der Waals surface area (Å²) in [5, 5.41) is 0. The van der Waals surface area contributed by atoms with Crippen molar-refractivity contribution in [2.45, 2.75) is 37.2 Å². The van der Waals surface area contributed by atoms with E-state index in [1.165, 1.54) is 0 Å². The highest BCUT2D eigenvalue weighted by atomic mass is 32.2. The second kappa shape index (κ2) is 5.18. The van der Waals surface area contributed by atoms with E-state index in [4.69, 9.17) is 10.5 Å². The minimum absolute atomic E-state index is 0.175. The van der Waals surface area contributed by atoms with E-state index in [0.29, 0.717) is 11.6 Å². The van der Waals surface area contributed by atoms with E-state index < -0.39 is 0 Å². The van der Waals surface area contributed by atoms with E-state index >= 15 is 0 Å². The molecule has 1 aliphatic rings. The van der Waals surface area contributed by atoms with Gasteiger partial charge in [0.1, 0.15) is 11.6 Å². The molecule has 0 aliphatic carbocycles. The largest absolute Gasteiger partial charge is 0.480 e. The van der Waals surface area contributed by atoms with Crippen LogP contribution in [0.15, 0.2) is 29.2 Å². The van der Waals surface area contributed by atoms with Crippen molar-refractivity contribution in [3.8, 4) is 5.75 Å². The summed E-state index contributed by atoms with van der Waals surface area (Å²) in [6.07, 6.45) is -0.198. The zero-order valence-electron chi connectivity index (χ0n) is 12.3. The molecule has 0 spiro atoms. The second-order valence-electron chi connectivity index (χ2n) is 5.99. The fraction of sp³-hybridized carbons (Fsp3) is 0.400. The van der Waals surface area contributed by atoms with Crippen molar-refractivity contribution >= 4 is 17.7 Å². The Labute approximate surface area is 128 Å². The van der Waals surface area contributed by atoms with Crippen LogP contribution >= 0.6 is 11.8 Å². The van der Waals surface area contributed by atoms with Crippen LogP contribution in [0, 0.1) is 0 Å². The maximum absolute atomic E-state index is 6.01. The van der Waals surface area contributed by atoms with Crippen molar-refractivity contribution in [2.24, 2.45) is 0 Å². The molecule has 0 bridgehead atoms. The molecule has 0 fully saturated rings. The molecule has 6 heteroatoms. The number of hydrogen-bond donors (Lipinski definition) is 1. The molecule has 0 saturated heterocycles. The standard InChI is InChI=1S/C15H18N4OS/c1-15(2,3)13-17-12(18-14(16)19-13)10-8-21-11-7-5-4-6-9(11)20-10/h4-7,10H,8H2,1-3H3,(H2,16,17,18,19). The van der Waals surface area contributed by atoms with Gasteiger partial charge >= 0.3 is 0 Å². The van der Waals surface area contributed by atoms with Crippen molar-refractivity contribution in [1.29, 1.82) is 0 Å². The van der Waals surface area contributed by atoms with Gasteiger partial charge in [0.2, 0.25) is 5.95 Å². The molecule has 21 heavy (non-hydrogen) atoms. The normalized spacial score (nSPS) is 18.0. The molecular weight excluding hydrogens is 284 g/mol. The third-order valence-electron chi connectivity index (χ3n) is 3.14. The number of ether oxygens (including phenoxy) is 1. The number of aromatic nitrogens is 3. The van der Waals surface area contributed by atoms with Crippen LogP contribution in [0.3, 0.4) is 0 Å². The zero-order chi connectivity index (χ0) is 15.0. The van der Waals surface area contributed by atoms with Gasteiger partial charge in [-0.1, -0.05) is 32.9 Å². The van der Waals surface area contributed by atoms with Gasteiger partial charge in [0, 0.05) is 16.1 Å². The van der Waals surface area contributed by atoms with Crippen molar-refractivity contribution < 1.29 is 4.74 Å². The van der Waals surface area contributed by atoms with Crippen LogP contribution in [0.5, 0.6) is 5.75 Å². The molecule has 2 heterocycles. The first-order valence-electron chi connectivity index (χ1n) is 6.84. The number of benzene rings is 1. The summed E-state index contributed by atoms with van der Waals surface area (Å²) in [6, 6.07) is 7.99. The first-order valence-corrected chi connectivity index (χ1v) is 7.82. The van der Waals surface area contributed by atoms with Crippen molar-refractivity contribution in [3.63, 3.8) is 0 Å². The van der Waals surface area contributed by atoms with Crippen LogP contribution in [0.4, 0.5) is 5.95 Å². The minimum Gasteiger partial charge on any atom is -0.480 e. The molecular formula is C15H18N4OS. The highest BCUT2D eigenvalue weighted by Gasteiger charge is 2.27. The summed E-state index contributed by atoms with van der Waals surface area (Å²) in [4.78, 5) is 14.2. The summed E-state index contributed by atoms with van der Waals surface area (Å²) >= 11 is 1.74. The predicted molar refractivity (Wildman–Crippen MR) is 83.5 cm³/mol. The van der Waals surface area contributed by atoms with Gasteiger partial charge in [0.05, 0.1) is 0 Å². The number of nitrogen functional groups attached to an aromatic ring is 1.